The van der Waals surface area contributed by atoms with E-state index in [1.54, 1.807) is 24.4 Å². The maximum Gasteiger partial charge on any atom is 0.236 e. The van der Waals surface area contributed by atoms with Gasteiger partial charge in [-0.25, -0.2) is 9.37 Å². The minimum absolute atomic E-state index is 0.0690. The van der Waals surface area contributed by atoms with Crippen molar-refractivity contribution >= 4 is 11.7 Å². The van der Waals surface area contributed by atoms with E-state index in [1.165, 1.54) is 12.1 Å². The number of benzene rings is 1. The van der Waals surface area contributed by atoms with Gasteiger partial charge in [0.25, 0.3) is 0 Å². The highest BCUT2D eigenvalue weighted by Crippen LogP contribution is 2.48. The number of nitrogens with one attached hydrogen (secondary N) is 1. The molecule has 0 aliphatic heterocycles. The lowest BCUT2D eigenvalue weighted by molar-refractivity contribution is -0.118. The van der Waals surface area contributed by atoms with E-state index in [0.717, 1.165) is 24.0 Å². The van der Waals surface area contributed by atoms with Crippen molar-refractivity contribution in [3.05, 3.63) is 59.5 Å². The van der Waals surface area contributed by atoms with Gasteiger partial charge in [-0.3, -0.25) is 4.79 Å². The molecule has 1 heterocycles. The normalized spacial score (nSPS) is 15.7. The molecule has 0 spiro atoms. The van der Waals surface area contributed by atoms with Crippen molar-refractivity contribution in [3.63, 3.8) is 0 Å². The number of halogens is 1. The average molecular weight is 270 g/mol. The monoisotopic (exact) mass is 270 g/mol. The van der Waals surface area contributed by atoms with E-state index in [2.05, 4.69) is 10.3 Å². The summed E-state index contributed by atoms with van der Waals surface area (Å²) in [6, 6.07) is 9.85. The molecule has 102 valence electrons. The number of rotatable bonds is 3. The lowest BCUT2D eigenvalue weighted by Gasteiger charge is -2.15. The van der Waals surface area contributed by atoms with Crippen molar-refractivity contribution in [1.82, 2.24) is 4.98 Å². The topological polar surface area (TPSA) is 42.0 Å². The standard InChI is InChI=1S/C16H15FN2O/c1-11-2-7-14(18-10-11)19-15(20)16(8-9-16)12-3-5-13(17)6-4-12/h2-7,10H,8-9H2,1H3,(H,18,19,20). The zero-order valence-electron chi connectivity index (χ0n) is 11.2. The van der Waals surface area contributed by atoms with Crippen LogP contribution in [-0.4, -0.2) is 10.9 Å². The zero-order chi connectivity index (χ0) is 14.2. The van der Waals surface area contributed by atoms with Crippen LogP contribution in [0.15, 0.2) is 42.6 Å². The number of anilines is 1. The van der Waals surface area contributed by atoms with E-state index in [-0.39, 0.29) is 11.7 Å². The summed E-state index contributed by atoms with van der Waals surface area (Å²) in [4.78, 5) is 16.6. The summed E-state index contributed by atoms with van der Waals surface area (Å²) < 4.78 is 13.0. The van der Waals surface area contributed by atoms with Crippen LogP contribution in [0.1, 0.15) is 24.0 Å². The number of carbonyl (C=O) groups is 1. The Morgan fingerprint density at radius 1 is 1.20 bits per heavy atom. The molecule has 1 aromatic carbocycles. The number of carbonyl (C=O) groups excluding carboxylic acids is 1. The highest BCUT2D eigenvalue weighted by Gasteiger charge is 2.51. The van der Waals surface area contributed by atoms with Gasteiger partial charge >= 0.3 is 0 Å². The molecule has 1 amide bonds. The number of nitrogens with zero attached hydrogens (tertiary/aromatic N) is 1. The molecule has 1 aliphatic carbocycles. The Bertz CT molecular complexity index is 631. The maximum absolute atomic E-state index is 13.0. The molecule has 0 bridgehead atoms. The van der Waals surface area contributed by atoms with Crippen LogP contribution >= 0.6 is 0 Å². The van der Waals surface area contributed by atoms with Crippen LogP contribution < -0.4 is 5.32 Å². The van der Waals surface area contributed by atoms with Crippen LogP contribution in [0.2, 0.25) is 0 Å². The second-order valence-corrected chi connectivity index (χ2v) is 5.26. The fourth-order valence-electron chi connectivity index (χ4n) is 2.32. The first-order chi connectivity index (χ1) is 9.60. The van der Waals surface area contributed by atoms with Crippen LogP contribution in [0, 0.1) is 12.7 Å². The van der Waals surface area contributed by atoms with E-state index >= 15 is 0 Å². The van der Waals surface area contributed by atoms with Crippen molar-refractivity contribution in [2.75, 3.05) is 5.32 Å². The second kappa shape index (κ2) is 4.71. The van der Waals surface area contributed by atoms with Gasteiger partial charge < -0.3 is 5.32 Å². The van der Waals surface area contributed by atoms with Crippen LogP contribution in [0.3, 0.4) is 0 Å². The quantitative estimate of drug-likeness (QED) is 0.930. The van der Waals surface area contributed by atoms with Gasteiger partial charge in [-0.05, 0) is 49.1 Å². The Hall–Kier alpha value is -2.23. The molecule has 1 N–H and O–H groups in total. The summed E-state index contributed by atoms with van der Waals surface area (Å²) in [6.07, 6.45) is 3.29. The smallest absolute Gasteiger partial charge is 0.236 e. The third-order valence-electron chi connectivity index (χ3n) is 3.73. The number of aryl methyl sites for hydroxylation is 1. The van der Waals surface area contributed by atoms with Crippen molar-refractivity contribution in [2.45, 2.75) is 25.2 Å². The molecule has 3 nitrogen and oxygen atoms in total. The van der Waals surface area contributed by atoms with Crippen LogP contribution in [0.25, 0.3) is 0 Å². The van der Waals surface area contributed by atoms with Gasteiger partial charge in [-0.2, -0.15) is 0 Å². The molecule has 2 aromatic rings. The molecule has 1 saturated carbocycles. The van der Waals surface area contributed by atoms with Gasteiger partial charge in [0.1, 0.15) is 11.6 Å². The molecular formula is C16H15FN2O. The van der Waals surface area contributed by atoms with E-state index < -0.39 is 5.41 Å². The fourth-order valence-corrected chi connectivity index (χ4v) is 2.32. The van der Waals surface area contributed by atoms with Gasteiger partial charge in [0, 0.05) is 6.20 Å². The molecule has 20 heavy (non-hydrogen) atoms. The Labute approximate surface area is 116 Å². The molecule has 0 radical (unpaired) electrons. The minimum Gasteiger partial charge on any atom is -0.310 e. The van der Waals surface area contributed by atoms with E-state index in [1.807, 2.05) is 13.0 Å². The fraction of sp³-hybridized carbons (Fsp3) is 0.250. The first kappa shape index (κ1) is 12.8. The van der Waals surface area contributed by atoms with Crippen molar-refractivity contribution in [1.29, 1.82) is 0 Å². The summed E-state index contributed by atoms with van der Waals surface area (Å²) in [5.41, 5.74) is 1.39. The number of pyridine rings is 1. The van der Waals surface area contributed by atoms with Gasteiger partial charge in [0.15, 0.2) is 0 Å². The third-order valence-corrected chi connectivity index (χ3v) is 3.73. The average Bonchev–Trinajstić information content (AvgIpc) is 3.24. The van der Waals surface area contributed by atoms with Gasteiger partial charge in [0.05, 0.1) is 5.41 Å². The van der Waals surface area contributed by atoms with Gasteiger partial charge in [0.2, 0.25) is 5.91 Å². The minimum atomic E-state index is -0.514. The highest BCUT2D eigenvalue weighted by atomic mass is 19.1. The molecule has 0 saturated heterocycles. The second-order valence-electron chi connectivity index (χ2n) is 5.26. The maximum atomic E-state index is 13.0. The lowest BCUT2D eigenvalue weighted by atomic mass is 9.95. The van der Waals surface area contributed by atoms with Crippen LogP contribution in [0.5, 0.6) is 0 Å². The Morgan fingerprint density at radius 3 is 2.45 bits per heavy atom. The summed E-state index contributed by atoms with van der Waals surface area (Å²) >= 11 is 0. The van der Waals surface area contributed by atoms with Crippen LogP contribution in [-0.2, 0) is 10.2 Å². The highest BCUT2D eigenvalue weighted by molar-refractivity contribution is 6.00. The predicted octanol–water partition coefficient (Wildman–Crippen LogP) is 3.20. The Balaban J connectivity index is 1.79. The molecular weight excluding hydrogens is 255 g/mol. The van der Waals surface area contributed by atoms with E-state index in [9.17, 15) is 9.18 Å². The van der Waals surface area contributed by atoms with E-state index in [4.69, 9.17) is 0 Å². The zero-order valence-corrected chi connectivity index (χ0v) is 11.2. The number of aromatic nitrogens is 1. The molecule has 1 aliphatic rings. The number of hydrogen-bond donors (Lipinski definition) is 1. The number of hydrogen-bond acceptors (Lipinski definition) is 2. The molecule has 0 atom stereocenters. The largest absolute Gasteiger partial charge is 0.310 e. The van der Waals surface area contributed by atoms with Gasteiger partial charge in [-0.1, -0.05) is 18.2 Å². The molecule has 4 heteroatoms. The van der Waals surface area contributed by atoms with Crippen molar-refractivity contribution in [3.8, 4) is 0 Å². The first-order valence-corrected chi connectivity index (χ1v) is 6.60. The Morgan fingerprint density at radius 2 is 1.90 bits per heavy atom. The van der Waals surface area contributed by atoms with E-state index in [0.29, 0.717) is 5.82 Å². The third kappa shape index (κ3) is 2.29. The molecule has 0 unspecified atom stereocenters. The number of amides is 1. The van der Waals surface area contributed by atoms with Gasteiger partial charge in [-0.15, -0.1) is 0 Å². The first-order valence-electron chi connectivity index (χ1n) is 6.60. The predicted molar refractivity (Wildman–Crippen MR) is 74.9 cm³/mol. The molecule has 3 rings (SSSR count). The molecule has 1 aromatic heterocycles. The summed E-state index contributed by atoms with van der Waals surface area (Å²) in [6.45, 7) is 1.94. The molecule has 1 fully saturated rings. The van der Waals surface area contributed by atoms with Crippen LogP contribution in [0.4, 0.5) is 10.2 Å². The Kier molecular flexibility index (Phi) is 3.01. The SMILES string of the molecule is Cc1ccc(NC(=O)C2(c3ccc(F)cc3)CC2)nc1. The summed E-state index contributed by atoms with van der Waals surface area (Å²) in [5, 5.41) is 2.84. The lowest BCUT2D eigenvalue weighted by Crippen LogP contribution is -2.28. The summed E-state index contributed by atoms with van der Waals surface area (Å²) in [5.74, 6) is 0.194. The van der Waals surface area contributed by atoms with Crippen molar-refractivity contribution < 1.29 is 9.18 Å². The summed E-state index contributed by atoms with van der Waals surface area (Å²) in [7, 11) is 0. The van der Waals surface area contributed by atoms with Crippen molar-refractivity contribution in [2.24, 2.45) is 0 Å².